The number of rotatable bonds is 2. The van der Waals surface area contributed by atoms with E-state index < -0.39 is 0 Å². The van der Waals surface area contributed by atoms with Crippen molar-refractivity contribution < 1.29 is 0 Å². The molecule has 0 saturated carbocycles. The van der Waals surface area contributed by atoms with Gasteiger partial charge in [0.2, 0.25) is 0 Å². The fourth-order valence-corrected chi connectivity index (χ4v) is 1.71. The van der Waals surface area contributed by atoms with Gasteiger partial charge in [-0.3, -0.25) is 0 Å². The van der Waals surface area contributed by atoms with E-state index in [1.54, 1.807) is 0 Å². The number of hydrogen-bond donors (Lipinski definition) is 0. The molecule has 0 spiro atoms. The monoisotopic (exact) mass is 244 g/mol. The normalized spacial score (nSPS) is 9.26. The van der Waals surface area contributed by atoms with Gasteiger partial charge in [-0.05, 0) is 29.7 Å². The quantitative estimate of drug-likeness (QED) is 0.619. The average Bonchev–Trinajstić information content (AvgIpc) is 2.52. The van der Waals surface area contributed by atoms with E-state index >= 15 is 0 Å². The van der Waals surface area contributed by atoms with Gasteiger partial charge >= 0.3 is 0 Å². The van der Waals surface area contributed by atoms with E-state index in [1.807, 2.05) is 48.5 Å². The summed E-state index contributed by atoms with van der Waals surface area (Å²) in [4.78, 5) is 0. The van der Waals surface area contributed by atoms with Gasteiger partial charge in [0, 0.05) is 0 Å². The Balaban J connectivity index is 0.000000186. The molecule has 0 aliphatic carbocycles. The van der Waals surface area contributed by atoms with Crippen molar-refractivity contribution in [2.75, 3.05) is 0 Å². The van der Waals surface area contributed by atoms with Crippen LogP contribution in [0.5, 0.6) is 0 Å². The molecule has 0 bridgehead atoms. The maximum absolute atomic E-state index is 3.02. The minimum Gasteiger partial charge on any atom is -0.0622 e. The van der Waals surface area contributed by atoms with Crippen molar-refractivity contribution in [3.8, 4) is 0 Å². The minimum absolute atomic E-state index is 1.01. The maximum atomic E-state index is 3.02. The first-order valence-corrected chi connectivity index (χ1v) is 6.35. The van der Waals surface area contributed by atoms with Gasteiger partial charge in [0.25, 0.3) is 0 Å². The first kappa shape index (κ1) is 13.1. The summed E-state index contributed by atoms with van der Waals surface area (Å²) in [5.41, 5.74) is 2.69. The fourth-order valence-electron chi connectivity index (χ4n) is 1.71. The van der Waals surface area contributed by atoms with Crippen LogP contribution < -0.4 is 0 Å². The van der Waals surface area contributed by atoms with Crippen molar-refractivity contribution in [3.05, 3.63) is 108 Å². The van der Waals surface area contributed by atoms with E-state index in [0.717, 1.165) is 6.42 Å². The van der Waals surface area contributed by atoms with Crippen molar-refractivity contribution >= 4 is 0 Å². The molecule has 3 aromatic carbocycles. The highest BCUT2D eigenvalue weighted by atomic mass is 14.0. The second kappa shape index (κ2) is 7.88. The Bertz CT molecular complexity index is 477. The van der Waals surface area contributed by atoms with Crippen molar-refractivity contribution in [1.82, 2.24) is 0 Å². The summed E-state index contributed by atoms with van der Waals surface area (Å²) in [7, 11) is 0. The molecule has 0 aromatic heterocycles. The molecule has 0 saturated heterocycles. The van der Waals surface area contributed by atoms with Crippen molar-refractivity contribution in [2.24, 2.45) is 0 Å². The zero-order valence-electron chi connectivity index (χ0n) is 10.8. The molecule has 0 fully saturated rings. The van der Waals surface area contributed by atoms with E-state index in [-0.39, 0.29) is 0 Å². The molecule has 0 heterocycles. The molecule has 0 amide bonds. The zero-order chi connectivity index (χ0) is 13.2. The molecule has 0 heteroatoms. The lowest BCUT2D eigenvalue weighted by Crippen LogP contribution is -1.85. The molecule has 0 unspecified atom stereocenters. The van der Waals surface area contributed by atoms with E-state index in [0.29, 0.717) is 0 Å². The van der Waals surface area contributed by atoms with Crippen LogP contribution in [0.3, 0.4) is 0 Å². The number of hydrogen-bond acceptors (Lipinski definition) is 0. The summed E-state index contributed by atoms with van der Waals surface area (Å²) < 4.78 is 0. The molecule has 2 radical (unpaired) electrons. The molecule has 0 aliphatic heterocycles. The summed E-state index contributed by atoms with van der Waals surface area (Å²) in [5.74, 6) is 0. The average molecular weight is 244 g/mol. The fraction of sp³-hybridized carbons (Fsp3) is 0.0526. The van der Waals surface area contributed by atoms with Crippen LogP contribution >= 0.6 is 0 Å². The smallest absolute Gasteiger partial charge is 0.00258 e. The molecule has 3 aromatic rings. The molecule has 0 nitrogen and oxygen atoms in total. The van der Waals surface area contributed by atoms with E-state index in [9.17, 15) is 0 Å². The van der Waals surface area contributed by atoms with E-state index in [4.69, 9.17) is 0 Å². The second-order valence-electron chi connectivity index (χ2n) is 4.15. The Morgan fingerprint density at radius 3 is 1.58 bits per heavy atom. The van der Waals surface area contributed by atoms with Crippen LogP contribution in [0.15, 0.2) is 84.9 Å². The molecule has 19 heavy (non-hydrogen) atoms. The first-order valence-electron chi connectivity index (χ1n) is 6.35. The van der Waals surface area contributed by atoms with Gasteiger partial charge in [0.05, 0.1) is 0 Å². The van der Waals surface area contributed by atoms with Gasteiger partial charge in [-0.2, -0.15) is 0 Å². The third kappa shape index (κ3) is 5.22. The van der Waals surface area contributed by atoms with Crippen molar-refractivity contribution in [2.45, 2.75) is 6.42 Å². The predicted molar refractivity (Wildman–Crippen MR) is 79.8 cm³/mol. The SMILES string of the molecule is [c]1ccc(Cc2ccccc2)cc1.[c]1ccccc1. The van der Waals surface area contributed by atoms with Crippen LogP contribution in [-0.4, -0.2) is 0 Å². The maximum Gasteiger partial charge on any atom is -0.00258 e. The van der Waals surface area contributed by atoms with E-state index in [1.165, 1.54) is 11.1 Å². The third-order valence-electron chi connectivity index (χ3n) is 2.65. The molecule has 0 atom stereocenters. The highest BCUT2D eigenvalue weighted by Crippen LogP contribution is 2.07. The van der Waals surface area contributed by atoms with Crippen LogP contribution in [0.25, 0.3) is 0 Å². The molecule has 0 N–H and O–H groups in total. The zero-order valence-corrected chi connectivity index (χ0v) is 10.8. The molecule has 0 aliphatic rings. The highest BCUT2D eigenvalue weighted by Gasteiger charge is 1.92. The minimum atomic E-state index is 1.01. The summed E-state index contributed by atoms with van der Waals surface area (Å²) in [6.07, 6.45) is 1.01. The standard InChI is InChI=1S/C13H11.C6H5/c1-3-7-12(8-4-1)11-13-9-5-2-6-10-13;1-2-4-6-5-3-1/h1,3-10H,11H2;1-5H. The molecular weight excluding hydrogens is 228 g/mol. The Kier molecular flexibility index (Phi) is 5.44. The molecular formula is C19H16. The highest BCUT2D eigenvalue weighted by molar-refractivity contribution is 5.25. The van der Waals surface area contributed by atoms with Gasteiger partial charge in [-0.1, -0.05) is 84.9 Å². The third-order valence-corrected chi connectivity index (χ3v) is 2.65. The first-order chi connectivity index (χ1) is 9.45. The summed E-state index contributed by atoms with van der Waals surface area (Å²) in [5, 5.41) is 0. The Labute approximate surface area is 115 Å². The van der Waals surface area contributed by atoms with Crippen molar-refractivity contribution in [1.29, 1.82) is 0 Å². The predicted octanol–water partition coefficient (Wildman–Crippen LogP) is 4.56. The number of benzene rings is 3. The topological polar surface area (TPSA) is 0 Å². The lowest BCUT2D eigenvalue weighted by atomic mass is 10.1. The van der Waals surface area contributed by atoms with E-state index in [2.05, 4.69) is 48.5 Å². The molecule has 3 rings (SSSR count). The molecule has 92 valence electrons. The van der Waals surface area contributed by atoms with Gasteiger partial charge in [-0.15, -0.1) is 0 Å². The second-order valence-corrected chi connectivity index (χ2v) is 4.15. The van der Waals surface area contributed by atoms with Crippen LogP contribution in [0, 0.1) is 12.1 Å². The summed E-state index contributed by atoms with van der Waals surface area (Å²) in [6.45, 7) is 0. The Hall–Kier alpha value is -2.34. The Morgan fingerprint density at radius 2 is 1.05 bits per heavy atom. The van der Waals surface area contributed by atoms with Crippen LogP contribution in [-0.2, 0) is 6.42 Å². The van der Waals surface area contributed by atoms with Gasteiger partial charge in [0.1, 0.15) is 0 Å². The largest absolute Gasteiger partial charge is 0.0622 e. The van der Waals surface area contributed by atoms with Crippen molar-refractivity contribution in [3.63, 3.8) is 0 Å². The Morgan fingerprint density at radius 1 is 0.526 bits per heavy atom. The van der Waals surface area contributed by atoms with Crippen LogP contribution in [0.4, 0.5) is 0 Å². The lowest BCUT2D eigenvalue weighted by Gasteiger charge is -1.99. The van der Waals surface area contributed by atoms with Crippen LogP contribution in [0.1, 0.15) is 11.1 Å². The van der Waals surface area contributed by atoms with Gasteiger partial charge in [-0.25, -0.2) is 0 Å². The van der Waals surface area contributed by atoms with Gasteiger partial charge in [0.15, 0.2) is 0 Å². The summed E-state index contributed by atoms with van der Waals surface area (Å²) in [6, 6.07) is 34.1. The summed E-state index contributed by atoms with van der Waals surface area (Å²) >= 11 is 0. The lowest BCUT2D eigenvalue weighted by molar-refractivity contribution is 1.19. The van der Waals surface area contributed by atoms with Crippen LogP contribution in [0.2, 0.25) is 0 Å². The van der Waals surface area contributed by atoms with Gasteiger partial charge < -0.3 is 0 Å².